The summed E-state index contributed by atoms with van der Waals surface area (Å²) in [5, 5.41) is 12.5. The van der Waals surface area contributed by atoms with Gasteiger partial charge in [-0.25, -0.2) is 0 Å². The van der Waals surface area contributed by atoms with Gasteiger partial charge in [-0.2, -0.15) is 0 Å². The van der Waals surface area contributed by atoms with E-state index in [9.17, 15) is 9.90 Å². The molecule has 2 aliphatic rings. The molecule has 5 nitrogen and oxygen atoms in total. The quantitative estimate of drug-likeness (QED) is 0.687. The van der Waals surface area contributed by atoms with Crippen molar-refractivity contribution in [2.45, 2.75) is 6.42 Å². The number of nitrogens with zero attached hydrogens (tertiary/aromatic N) is 1. The van der Waals surface area contributed by atoms with Gasteiger partial charge >= 0.3 is 5.97 Å². The number of nitrogens with one attached hydrogen (secondary N) is 1. The van der Waals surface area contributed by atoms with E-state index < -0.39 is 5.97 Å². The molecule has 0 saturated carbocycles. The largest absolute Gasteiger partial charge is 0.481 e. The van der Waals surface area contributed by atoms with Crippen LogP contribution in [0.2, 0.25) is 0 Å². The van der Waals surface area contributed by atoms with Crippen molar-refractivity contribution < 1.29 is 14.6 Å². The zero-order valence-corrected chi connectivity index (χ0v) is 9.52. The number of carboxylic acid groups (broad SMARTS) is 1. The molecule has 0 spiro atoms. The highest BCUT2D eigenvalue weighted by Crippen LogP contribution is 2.21. The summed E-state index contributed by atoms with van der Waals surface area (Å²) in [7, 11) is 0. The molecule has 2 N–H and O–H groups in total. The third-order valence-corrected chi connectivity index (χ3v) is 3.54. The van der Waals surface area contributed by atoms with Crippen LogP contribution in [0.3, 0.4) is 0 Å². The molecule has 2 rings (SSSR count). The Morgan fingerprint density at radius 3 is 2.81 bits per heavy atom. The molecule has 2 heterocycles. The van der Waals surface area contributed by atoms with Gasteiger partial charge in [-0.3, -0.25) is 9.69 Å². The Morgan fingerprint density at radius 1 is 1.50 bits per heavy atom. The van der Waals surface area contributed by atoms with Gasteiger partial charge in [0.15, 0.2) is 0 Å². The van der Waals surface area contributed by atoms with Crippen molar-refractivity contribution in [1.82, 2.24) is 10.2 Å². The average Bonchev–Trinajstić information content (AvgIpc) is 2.80. The third kappa shape index (κ3) is 2.93. The van der Waals surface area contributed by atoms with E-state index in [1.165, 1.54) is 0 Å². The standard InChI is InChI=1S/C11H20N2O3/c14-11(15)10(9-1-2-12-7-9)8-13-3-5-16-6-4-13/h9-10,12H,1-8H2,(H,14,15). The van der Waals surface area contributed by atoms with Crippen LogP contribution in [0, 0.1) is 11.8 Å². The number of carboxylic acids is 1. The van der Waals surface area contributed by atoms with Crippen LogP contribution in [-0.2, 0) is 9.53 Å². The predicted molar refractivity (Wildman–Crippen MR) is 59.4 cm³/mol. The van der Waals surface area contributed by atoms with E-state index in [0.29, 0.717) is 12.5 Å². The first-order valence-electron chi connectivity index (χ1n) is 6.01. The summed E-state index contributed by atoms with van der Waals surface area (Å²) in [4.78, 5) is 13.5. The van der Waals surface area contributed by atoms with Crippen LogP contribution in [0.4, 0.5) is 0 Å². The zero-order valence-electron chi connectivity index (χ0n) is 9.52. The van der Waals surface area contributed by atoms with Crippen LogP contribution < -0.4 is 5.32 Å². The van der Waals surface area contributed by atoms with Gasteiger partial charge < -0.3 is 15.2 Å². The molecule has 2 aliphatic heterocycles. The predicted octanol–water partition coefficient (Wildman–Crippen LogP) is -0.371. The minimum absolute atomic E-state index is 0.229. The summed E-state index contributed by atoms with van der Waals surface area (Å²) in [6.45, 7) is 5.67. The van der Waals surface area contributed by atoms with E-state index in [-0.39, 0.29) is 5.92 Å². The number of rotatable bonds is 4. The Hall–Kier alpha value is -0.650. The first-order chi connectivity index (χ1) is 7.77. The maximum Gasteiger partial charge on any atom is 0.308 e. The third-order valence-electron chi connectivity index (χ3n) is 3.54. The number of ether oxygens (including phenoxy) is 1. The van der Waals surface area contributed by atoms with Gasteiger partial charge in [-0.05, 0) is 25.4 Å². The van der Waals surface area contributed by atoms with Crippen LogP contribution in [-0.4, -0.2) is 61.9 Å². The van der Waals surface area contributed by atoms with Crippen LogP contribution >= 0.6 is 0 Å². The zero-order chi connectivity index (χ0) is 11.4. The van der Waals surface area contributed by atoms with Crippen molar-refractivity contribution in [3.8, 4) is 0 Å². The van der Waals surface area contributed by atoms with Crippen LogP contribution in [0.15, 0.2) is 0 Å². The van der Waals surface area contributed by atoms with E-state index >= 15 is 0 Å². The molecule has 0 aliphatic carbocycles. The Bertz CT molecular complexity index is 235. The molecule has 2 unspecified atom stereocenters. The summed E-state index contributed by atoms with van der Waals surface area (Å²) < 4.78 is 5.27. The Morgan fingerprint density at radius 2 is 2.25 bits per heavy atom. The lowest BCUT2D eigenvalue weighted by Crippen LogP contribution is -2.43. The molecule has 0 aromatic rings. The van der Waals surface area contributed by atoms with E-state index in [1.54, 1.807) is 0 Å². The molecule has 2 atom stereocenters. The molecular weight excluding hydrogens is 208 g/mol. The Balaban J connectivity index is 1.88. The molecular formula is C11H20N2O3. The average molecular weight is 228 g/mol. The van der Waals surface area contributed by atoms with Gasteiger partial charge in [-0.1, -0.05) is 0 Å². The molecule has 0 bridgehead atoms. The van der Waals surface area contributed by atoms with E-state index in [2.05, 4.69) is 10.2 Å². The van der Waals surface area contributed by atoms with Crippen molar-refractivity contribution in [3.05, 3.63) is 0 Å². The summed E-state index contributed by atoms with van der Waals surface area (Å²) >= 11 is 0. The van der Waals surface area contributed by atoms with E-state index in [1.807, 2.05) is 0 Å². The Kier molecular flexibility index (Phi) is 4.15. The number of hydrogen-bond acceptors (Lipinski definition) is 4. The fourth-order valence-corrected chi connectivity index (χ4v) is 2.51. The van der Waals surface area contributed by atoms with Gasteiger partial charge in [0.25, 0.3) is 0 Å². The van der Waals surface area contributed by atoms with Gasteiger partial charge in [0, 0.05) is 19.6 Å². The van der Waals surface area contributed by atoms with Crippen molar-refractivity contribution in [2.24, 2.45) is 11.8 Å². The summed E-state index contributed by atoms with van der Waals surface area (Å²) in [6.07, 6.45) is 0.987. The number of hydrogen-bond donors (Lipinski definition) is 2. The number of morpholine rings is 1. The highest BCUT2D eigenvalue weighted by atomic mass is 16.5. The maximum absolute atomic E-state index is 11.3. The fourth-order valence-electron chi connectivity index (χ4n) is 2.51. The van der Waals surface area contributed by atoms with Gasteiger partial charge in [0.2, 0.25) is 0 Å². The summed E-state index contributed by atoms with van der Waals surface area (Å²) in [5.74, 6) is -0.589. The molecule has 0 radical (unpaired) electrons. The molecule has 2 saturated heterocycles. The number of carbonyl (C=O) groups is 1. The van der Waals surface area contributed by atoms with E-state index in [0.717, 1.165) is 45.8 Å². The maximum atomic E-state index is 11.3. The minimum atomic E-state index is -0.653. The van der Waals surface area contributed by atoms with Crippen LogP contribution in [0.25, 0.3) is 0 Å². The normalized spacial score (nSPS) is 29.1. The minimum Gasteiger partial charge on any atom is -0.481 e. The van der Waals surface area contributed by atoms with E-state index in [4.69, 9.17) is 4.74 Å². The van der Waals surface area contributed by atoms with Crippen LogP contribution in [0.5, 0.6) is 0 Å². The topological polar surface area (TPSA) is 61.8 Å². The molecule has 2 fully saturated rings. The van der Waals surface area contributed by atoms with Gasteiger partial charge in [0.1, 0.15) is 0 Å². The second-order valence-corrected chi connectivity index (χ2v) is 4.61. The highest BCUT2D eigenvalue weighted by molar-refractivity contribution is 5.70. The molecule has 5 heteroatoms. The molecule has 0 amide bonds. The molecule has 0 aromatic carbocycles. The lowest BCUT2D eigenvalue weighted by Gasteiger charge is -2.30. The Labute approximate surface area is 95.8 Å². The van der Waals surface area contributed by atoms with Gasteiger partial charge in [0.05, 0.1) is 19.1 Å². The van der Waals surface area contributed by atoms with Crippen molar-refractivity contribution >= 4 is 5.97 Å². The monoisotopic (exact) mass is 228 g/mol. The molecule has 16 heavy (non-hydrogen) atoms. The first kappa shape index (κ1) is 11.8. The lowest BCUT2D eigenvalue weighted by molar-refractivity contribution is -0.144. The second kappa shape index (κ2) is 5.61. The van der Waals surface area contributed by atoms with Crippen molar-refractivity contribution in [1.29, 1.82) is 0 Å². The van der Waals surface area contributed by atoms with Crippen molar-refractivity contribution in [2.75, 3.05) is 45.9 Å². The molecule has 92 valence electrons. The molecule has 0 aromatic heterocycles. The summed E-state index contributed by atoms with van der Waals surface area (Å²) in [5.41, 5.74) is 0. The smallest absolute Gasteiger partial charge is 0.308 e. The van der Waals surface area contributed by atoms with Gasteiger partial charge in [-0.15, -0.1) is 0 Å². The highest BCUT2D eigenvalue weighted by Gasteiger charge is 2.32. The number of aliphatic carboxylic acids is 1. The SMILES string of the molecule is O=C(O)C(CN1CCOCC1)C1CCNC1. The second-order valence-electron chi connectivity index (χ2n) is 4.61. The first-order valence-corrected chi connectivity index (χ1v) is 6.01. The van der Waals surface area contributed by atoms with Crippen molar-refractivity contribution in [3.63, 3.8) is 0 Å². The van der Waals surface area contributed by atoms with Crippen LogP contribution in [0.1, 0.15) is 6.42 Å². The summed E-state index contributed by atoms with van der Waals surface area (Å²) in [6, 6.07) is 0. The fraction of sp³-hybridized carbons (Fsp3) is 0.909. The lowest BCUT2D eigenvalue weighted by atomic mass is 9.91.